The monoisotopic (exact) mass is 427 g/mol. The van der Waals surface area contributed by atoms with Gasteiger partial charge in [0.1, 0.15) is 0 Å². The fraction of sp³-hybridized carbons (Fsp3) is 0.500. The maximum atomic E-state index is 9.00. The van der Waals surface area contributed by atoms with Crippen LogP contribution in [0.1, 0.15) is 20.8 Å². The molecule has 1 radical (unpaired) electrons. The molecule has 0 aromatic rings. The summed E-state index contributed by atoms with van der Waals surface area (Å²) in [5, 5.41) is 22.2. The van der Waals surface area contributed by atoms with Crippen LogP contribution >= 0.6 is 0 Å². The van der Waals surface area contributed by atoms with E-state index >= 15 is 0 Å². The molecule has 105 valence electrons. The number of hydrogen-bond donors (Lipinski definition) is 3. The van der Waals surface area contributed by atoms with Crippen LogP contribution in [0.25, 0.3) is 0 Å². The zero-order valence-corrected chi connectivity index (χ0v) is 11.3. The third-order valence-electron chi connectivity index (χ3n) is 0. The van der Waals surface area contributed by atoms with Gasteiger partial charge in [-0.2, -0.15) is 0 Å². The van der Waals surface area contributed by atoms with Gasteiger partial charge < -0.3 is 31.7 Å². The van der Waals surface area contributed by atoms with Crippen LogP contribution in [0.5, 0.6) is 0 Å². The number of rotatable bonds is 0. The molecule has 0 saturated heterocycles. The molecule has 10 heteroatoms. The Bertz CT molecular complexity index is 118. The van der Waals surface area contributed by atoms with E-state index < -0.39 is 17.9 Å². The van der Waals surface area contributed by atoms with Crippen LogP contribution in [0, 0.1) is 0 Å². The van der Waals surface area contributed by atoms with Crippen LogP contribution in [-0.2, 0) is 34.5 Å². The summed E-state index contributed by atoms with van der Waals surface area (Å²) in [6.45, 7) is 3.25. The summed E-state index contributed by atoms with van der Waals surface area (Å²) in [5.74, 6) is -2.50. The molecule has 0 spiro atoms. The molecule has 0 unspecified atom stereocenters. The molecule has 0 saturated carbocycles. The van der Waals surface area contributed by atoms with E-state index in [2.05, 4.69) is 0 Å². The first-order valence-electron chi connectivity index (χ1n) is 2.78. The minimum atomic E-state index is -0.833. The van der Waals surface area contributed by atoms with Crippen molar-refractivity contribution in [3.8, 4) is 0 Å². The topological polar surface area (TPSA) is 206 Å². The maximum Gasteiger partial charge on any atom is 0.300 e. The Kier molecular flexibility index (Phi) is 107. The molecule has 0 rings (SSSR count). The van der Waals surface area contributed by atoms with E-state index in [1.807, 2.05) is 0 Å². The van der Waals surface area contributed by atoms with Crippen molar-refractivity contribution in [3.05, 3.63) is 0 Å². The minimum Gasteiger partial charge on any atom is -0.481 e. The van der Waals surface area contributed by atoms with Crippen molar-refractivity contribution in [1.29, 1.82) is 0 Å². The van der Waals surface area contributed by atoms with Gasteiger partial charge in [0.25, 0.3) is 17.9 Å². The van der Waals surface area contributed by atoms with Crippen molar-refractivity contribution in [2.24, 2.45) is 0 Å². The number of carboxylic acid groups (broad SMARTS) is 3. The first-order valence-corrected chi connectivity index (χ1v) is 2.78. The van der Waals surface area contributed by atoms with Crippen molar-refractivity contribution < 1.29 is 66.2 Å². The third kappa shape index (κ3) is 1640. The minimum absolute atomic E-state index is 0. The zero-order valence-electron chi connectivity index (χ0n) is 8.90. The number of aliphatic carboxylic acids is 3. The average molecular weight is 426 g/mol. The van der Waals surface area contributed by atoms with Gasteiger partial charge in [-0.05, 0) is 0 Å². The summed E-state index contributed by atoms with van der Waals surface area (Å²) in [4.78, 5) is 27.0. The van der Waals surface area contributed by atoms with E-state index in [9.17, 15) is 0 Å². The SMILES string of the molecule is CC(=O)O.CC(=O)O.CC(=O)O.O.O.O.[Ir]. The van der Waals surface area contributed by atoms with Gasteiger partial charge in [-0.15, -0.1) is 0 Å². The Morgan fingerprint density at radius 1 is 0.625 bits per heavy atom. The molecule has 0 aliphatic rings. The molecule has 0 atom stereocenters. The Hall–Kier alpha value is -1.06. The fourth-order valence-corrected chi connectivity index (χ4v) is 0. The van der Waals surface area contributed by atoms with Gasteiger partial charge in [-0.1, -0.05) is 0 Å². The summed E-state index contributed by atoms with van der Waals surface area (Å²) >= 11 is 0. The predicted molar refractivity (Wildman–Crippen MR) is 50.8 cm³/mol. The second-order valence-corrected chi connectivity index (χ2v) is 1.56. The zero-order chi connectivity index (χ0) is 10.7. The van der Waals surface area contributed by atoms with E-state index in [1.54, 1.807) is 0 Å². The molecular formula is C6H18IrO9. The molecule has 0 bridgehead atoms. The Balaban J connectivity index is -0.0000000135. The smallest absolute Gasteiger partial charge is 0.300 e. The molecule has 9 N–H and O–H groups in total. The van der Waals surface area contributed by atoms with E-state index in [4.69, 9.17) is 29.7 Å². The molecule has 0 fully saturated rings. The van der Waals surface area contributed by atoms with Crippen molar-refractivity contribution in [1.82, 2.24) is 0 Å². The largest absolute Gasteiger partial charge is 0.481 e. The second kappa shape index (κ2) is 37.0. The summed E-state index contributed by atoms with van der Waals surface area (Å²) in [7, 11) is 0. The fourth-order valence-electron chi connectivity index (χ4n) is 0. The number of carboxylic acids is 3. The van der Waals surface area contributed by atoms with Crippen molar-refractivity contribution in [2.75, 3.05) is 0 Å². The van der Waals surface area contributed by atoms with Crippen LogP contribution in [0.2, 0.25) is 0 Å². The van der Waals surface area contributed by atoms with Crippen LogP contribution in [0.15, 0.2) is 0 Å². The van der Waals surface area contributed by atoms with E-state index in [-0.39, 0.29) is 36.5 Å². The molecule has 16 heavy (non-hydrogen) atoms. The predicted octanol–water partition coefficient (Wildman–Crippen LogP) is -2.20. The van der Waals surface area contributed by atoms with Gasteiger partial charge in [-0.25, -0.2) is 0 Å². The second-order valence-electron chi connectivity index (χ2n) is 1.56. The molecule has 0 aromatic carbocycles. The Morgan fingerprint density at radius 3 is 0.625 bits per heavy atom. The molecule has 9 nitrogen and oxygen atoms in total. The van der Waals surface area contributed by atoms with Crippen LogP contribution in [-0.4, -0.2) is 49.7 Å². The molecular weight excluding hydrogens is 408 g/mol. The molecule has 0 amide bonds. The summed E-state index contributed by atoms with van der Waals surface area (Å²) in [6.07, 6.45) is 0. The summed E-state index contributed by atoms with van der Waals surface area (Å²) < 4.78 is 0. The third-order valence-corrected chi connectivity index (χ3v) is 0. The summed E-state index contributed by atoms with van der Waals surface area (Å²) in [6, 6.07) is 0. The first kappa shape index (κ1) is 46.1. The first-order chi connectivity index (χ1) is 5.20. The maximum absolute atomic E-state index is 9.00. The molecule has 0 heterocycles. The van der Waals surface area contributed by atoms with Gasteiger partial charge >= 0.3 is 0 Å². The summed E-state index contributed by atoms with van der Waals surface area (Å²) in [5.41, 5.74) is 0. The van der Waals surface area contributed by atoms with Crippen molar-refractivity contribution >= 4 is 17.9 Å². The van der Waals surface area contributed by atoms with Crippen LogP contribution < -0.4 is 0 Å². The van der Waals surface area contributed by atoms with Gasteiger partial charge in [-0.3, -0.25) is 14.4 Å². The Morgan fingerprint density at radius 2 is 0.625 bits per heavy atom. The quantitative estimate of drug-likeness (QED) is 0.391. The van der Waals surface area contributed by atoms with Crippen LogP contribution in [0.3, 0.4) is 0 Å². The molecule has 0 aliphatic heterocycles. The Labute approximate surface area is 105 Å². The average Bonchev–Trinajstić information content (AvgIpc) is 1.54. The van der Waals surface area contributed by atoms with Gasteiger partial charge in [0.15, 0.2) is 0 Å². The number of hydrogen-bond acceptors (Lipinski definition) is 3. The number of carbonyl (C=O) groups is 3. The van der Waals surface area contributed by atoms with Gasteiger partial charge in [0.05, 0.1) is 0 Å². The van der Waals surface area contributed by atoms with Gasteiger partial charge in [0.2, 0.25) is 0 Å². The van der Waals surface area contributed by atoms with E-state index in [1.165, 1.54) is 0 Å². The van der Waals surface area contributed by atoms with E-state index in [0.717, 1.165) is 20.8 Å². The van der Waals surface area contributed by atoms with E-state index in [0.29, 0.717) is 0 Å². The standard InChI is InChI=1S/3C2H4O2.Ir.3H2O/c3*1-2(3)4;;;;/h3*1H3,(H,3,4);;3*1H2. The van der Waals surface area contributed by atoms with Gasteiger partial charge in [0, 0.05) is 40.9 Å². The molecule has 0 aromatic heterocycles. The molecule has 0 aliphatic carbocycles. The normalized spacial score (nSPS) is 4.69. The van der Waals surface area contributed by atoms with Crippen LogP contribution in [0.4, 0.5) is 0 Å². The van der Waals surface area contributed by atoms with Crippen molar-refractivity contribution in [3.63, 3.8) is 0 Å². The van der Waals surface area contributed by atoms with Crippen molar-refractivity contribution in [2.45, 2.75) is 20.8 Å².